The van der Waals surface area contributed by atoms with Gasteiger partial charge in [0.05, 0.1) is 0 Å². The third-order valence-electron chi connectivity index (χ3n) is 4.25. The lowest BCUT2D eigenvalue weighted by Crippen LogP contribution is -2.40. The van der Waals surface area contributed by atoms with Crippen molar-refractivity contribution in [1.29, 1.82) is 0 Å². The maximum atomic E-state index is 12.3. The summed E-state index contributed by atoms with van der Waals surface area (Å²) in [5.41, 5.74) is 2.77. The number of nitrogens with one attached hydrogen (secondary N) is 1. The minimum absolute atomic E-state index is 0.0127. The number of anilines is 1. The Bertz CT molecular complexity index is 823. The third kappa shape index (κ3) is 3.32. The number of nitrogens with zero attached hydrogens (tertiary/aromatic N) is 8. The van der Waals surface area contributed by atoms with Crippen LogP contribution < -0.4 is 10.3 Å². The van der Waals surface area contributed by atoms with Crippen molar-refractivity contribution in [3.63, 3.8) is 0 Å². The number of carbonyl (C=O) groups is 1. The van der Waals surface area contributed by atoms with Crippen molar-refractivity contribution in [1.82, 2.24) is 34.4 Å². The van der Waals surface area contributed by atoms with Gasteiger partial charge in [0.25, 0.3) is 0 Å². The molecule has 25 heavy (non-hydrogen) atoms. The van der Waals surface area contributed by atoms with Crippen LogP contribution in [-0.4, -0.2) is 53.4 Å². The molecule has 4 heterocycles. The van der Waals surface area contributed by atoms with Crippen LogP contribution in [0.3, 0.4) is 0 Å². The second kappa shape index (κ2) is 6.67. The highest BCUT2D eigenvalue weighted by Crippen LogP contribution is 2.23. The van der Waals surface area contributed by atoms with E-state index < -0.39 is 0 Å². The van der Waals surface area contributed by atoms with Gasteiger partial charge in [0, 0.05) is 37.5 Å². The van der Waals surface area contributed by atoms with Crippen molar-refractivity contribution < 1.29 is 4.79 Å². The third-order valence-corrected chi connectivity index (χ3v) is 4.25. The molecule has 10 heteroatoms. The first kappa shape index (κ1) is 15.2. The average Bonchev–Trinajstić information content (AvgIpc) is 3.36. The van der Waals surface area contributed by atoms with Crippen molar-refractivity contribution in [2.24, 2.45) is 5.92 Å². The van der Waals surface area contributed by atoms with Gasteiger partial charge in [-0.05, 0) is 12.8 Å². The zero-order valence-corrected chi connectivity index (χ0v) is 13.4. The molecule has 0 radical (unpaired) electrons. The fourth-order valence-corrected chi connectivity index (χ4v) is 2.89. The average molecular weight is 339 g/mol. The van der Waals surface area contributed by atoms with Crippen LogP contribution in [0.5, 0.6) is 0 Å². The van der Waals surface area contributed by atoms with Gasteiger partial charge in [-0.15, -0.1) is 10.2 Å². The van der Waals surface area contributed by atoms with E-state index in [1.807, 2.05) is 16.8 Å². The van der Waals surface area contributed by atoms with Gasteiger partial charge in [-0.25, -0.2) is 19.6 Å². The molecule has 1 saturated heterocycles. The Hall–Kier alpha value is -3.30. The van der Waals surface area contributed by atoms with Crippen LogP contribution in [-0.2, 0) is 4.79 Å². The lowest BCUT2D eigenvalue weighted by Gasteiger charge is -2.32. The molecule has 0 saturated carbocycles. The van der Waals surface area contributed by atoms with E-state index in [1.54, 1.807) is 18.9 Å². The fraction of sp³-hybridized carbons (Fsp3) is 0.333. The predicted octanol–water partition coefficient (Wildman–Crippen LogP) is 0.240. The maximum Gasteiger partial charge on any atom is 0.242 e. The number of carbonyl (C=O) groups excluding carboxylic acids is 1. The summed E-state index contributed by atoms with van der Waals surface area (Å²) in [5.74, 6) is 1.58. The molecule has 0 aliphatic carbocycles. The minimum atomic E-state index is -0.0337. The summed E-state index contributed by atoms with van der Waals surface area (Å²) >= 11 is 0. The standard InChI is InChI=1S/C15H17N9O/c25-15(21-24-10-19-20-11-24)12-1-4-22(5-2-12)13-7-14(18-8-17-13)23-6-3-16-9-23/h3,6-12H,1-2,4-5H2,(H,21,25). The molecular formula is C15H17N9O. The zero-order valence-electron chi connectivity index (χ0n) is 13.4. The Balaban J connectivity index is 1.39. The van der Waals surface area contributed by atoms with Gasteiger partial charge in [-0.3, -0.25) is 14.8 Å². The number of piperidine rings is 1. The molecule has 1 aliphatic rings. The van der Waals surface area contributed by atoms with Gasteiger partial charge in [0.2, 0.25) is 5.91 Å². The van der Waals surface area contributed by atoms with E-state index in [1.165, 1.54) is 17.3 Å². The number of imidazole rings is 1. The first-order valence-corrected chi connectivity index (χ1v) is 8.00. The Morgan fingerprint density at radius 1 is 1.08 bits per heavy atom. The molecule has 3 aromatic heterocycles. The molecule has 1 fully saturated rings. The highest BCUT2D eigenvalue weighted by atomic mass is 16.2. The molecule has 3 aromatic rings. The van der Waals surface area contributed by atoms with Gasteiger partial charge < -0.3 is 4.90 Å². The van der Waals surface area contributed by atoms with Crippen molar-refractivity contribution in [3.8, 4) is 5.82 Å². The fourth-order valence-electron chi connectivity index (χ4n) is 2.89. The Labute approximate surface area is 143 Å². The molecule has 0 unspecified atom stereocenters. The monoisotopic (exact) mass is 339 g/mol. The summed E-state index contributed by atoms with van der Waals surface area (Å²) < 4.78 is 3.31. The van der Waals surface area contributed by atoms with E-state index in [2.05, 4.69) is 35.5 Å². The van der Waals surface area contributed by atoms with Gasteiger partial charge in [0.1, 0.15) is 36.9 Å². The second-order valence-corrected chi connectivity index (χ2v) is 5.81. The molecule has 0 spiro atoms. The smallest absolute Gasteiger partial charge is 0.242 e. The molecule has 10 nitrogen and oxygen atoms in total. The largest absolute Gasteiger partial charge is 0.356 e. The molecular weight excluding hydrogens is 322 g/mol. The Morgan fingerprint density at radius 3 is 2.56 bits per heavy atom. The van der Waals surface area contributed by atoms with Crippen LogP contribution in [0.15, 0.2) is 43.8 Å². The normalized spacial score (nSPS) is 15.3. The summed E-state index contributed by atoms with van der Waals surface area (Å²) in [6.07, 6.45) is 11.3. The van der Waals surface area contributed by atoms with Crippen LogP contribution in [0.2, 0.25) is 0 Å². The van der Waals surface area contributed by atoms with E-state index in [-0.39, 0.29) is 11.8 Å². The number of hydrogen-bond acceptors (Lipinski definition) is 7. The van der Waals surface area contributed by atoms with Crippen LogP contribution in [0.1, 0.15) is 12.8 Å². The summed E-state index contributed by atoms with van der Waals surface area (Å²) in [6.45, 7) is 1.53. The molecule has 1 N–H and O–H groups in total. The van der Waals surface area contributed by atoms with E-state index in [0.717, 1.165) is 37.6 Å². The highest BCUT2D eigenvalue weighted by molar-refractivity contribution is 5.86. The SMILES string of the molecule is O=C(Nn1cnnc1)C1CCN(c2cc(-n3ccnc3)ncn2)CC1. The van der Waals surface area contributed by atoms with Crippen molar-refractivity contribution in [3.05, 3.63) is 43.8 Å². The molecule has 4 rings (SSSR count). The molecule has 0 atom stereocenters. The van der Waals surface area contributed by atoms with Gasteiger partial charge in [-0.2, -0.15) is 0 Å². The van der Waals surface area contributed by atoms with E-state index >= 15 is 0 Å². The van der Waals surface area contributed by atoms with Crippen molar-refractivity contribution >= 4 is 11.7 Å². The summed E-state index contributed by atoms with van der Waals surface area (Å²) in [5, 5.41) is 7.34. The van der Waals surface area contributed by atoms with Gasteiger partial charge in [0.15, 0.2) is 0 Å². The molecule has 1 amide bonds. The Kier molecular flexibility index (Phi) is 4.07. The number of aromatic nitrogens is 7. The summed E-state index contributed by atoms with van der Waals surface area (Å²) in [6, 6.07) is 1.93. The first-order chi connectivity index (χ1) is 12.3. The molecule has 0 aromatic carbocycles. The molecule has 1 aliphatic heterocycles. The van der Waals surface area contributed by atoms with Crippen LogP contribution in [0.25, 0.3) is 5.82 Å². The lowest BCUT2D eigenvalue weighted by atomic mass is 9.96. The van der Waals surface area contributed by atoms with Crippen LogP contribution >= 0.6 is 0 Å². The van der Waals surface area contributed by atoms with E-state index in [0.29, 0.717) is 0 Å². The van der Waals surface area contributed by atoms with Gasteiger partial charge in [-0.1, -0.05) is 0 Å². The van der Waals surface area contributed by atoms with Crippen molar-refractivity contribution in [2.75, 3.05) is 23.4 Å². The molecule has 0 bridgehead atoms. The topological polar surface area (TPSA) is 107 Å². The first-order valence-electron chi connectivity index (χ1n) is 8.00. The van der Waals surface area contributed by atoms with Crippen LogP contribution in [0.4, 0.5) is 5.82 Å². The highest BCUT2D eigenvalue weighted by Gasteiger charge is 2.26. The van der Waals surface area contributed by atoms with E-state index in [4.69, 9.17) is 0 Å². The number of hydrogen-bond donors (Lipinski definition) is 1. The predicted molar refractivity (Wildman–Crippen MR) is 88.5 cm³/mol. The van der Waals surface area contributed by atoms with Gasteiger partial charge >= 0.3 is 0 Å². The quantitative estimate of drug-likeness (QED) is 0.725. The molecule has 128 valence electrons. The van der Waals surface area contributed by atoms with Crippen LogP contribution in [0, 0.1) is 5.92 Å². The Morgan fingerprint density at radius 2 is 1.84 bits per heavy atom. The lowest BCUT2D eigenvalue weighted by molar-refractivity contribution is -0.121. The summed E-state index contributed by atoms with van der Waals surface area (Å²) in [4.78, 5) is 27.1. The number of rotatable bonds is 4. The maximum absolute atomic E-state index is 12.3. The zero-order chi connectivity index (χ0) is 17.1. The van der Waals surface area contributed by atoms with E-state index in [9.17, 15) is 4.79 Å². The van der Waals surface area contributed by atoms with Crippen molar-refractivity contribution in [2.45, 2.75) is 12.8 Å². The number of amides is 1. The second-order valence-electron chi connectivity index (χ2n) is 5.81. The minimum Gasteiger partial charge on any atom is -0.356 e. The summed E-state index contributed by atoms with van der Waals surface area (Å²) in [7, 11) is 0.